The molecule has 0 aliphatic carbocycles. The van der Waals surface area contributed by atoms with E-state index in [1.807, 2.05) is 14.0 Å². The topological polar surface area (TPSA) is 67.6 Å². The van der Waals surface area contributed by atoms with Gasteiger partial charge >= 0.3 is 5.97 Å². The highest BCUT2D eigenvalue weighted by atomic mass is 16.5. The monoisotopic (exact) mass is 269 g/mol. The average Bonchev–Trinajstić information content (AvgIpc) is 2.57. The minimum absolute atomic E-state index is 0.139. The van der Waals surface area contributed by atoms with E-state index in [-0.39, 0.29) is 12.5 Å². The molecule has 0 fully saturated rings. The third-order valence-corrected chi connectivity index (χ3v) is 3.19. The summed E-state index contributed by atoms with van der Waals surface area (Å²) in [6.07, 6.45) is 0.139. The Morgan fingerprint density at radius 1 is 1.53 bits per heavy atom. The smallest absolute Gasteiger partial charge is 0.304 e. The molecule has 6 nitrogen and oxygen atoms in total. The number of carboxylic acid groups (broad SMARTS) is 1. The van der Waals surface area contributed by atoms with E-state index in [0.717, 1.165) is 17.1 Å². The summed E-state index contributed by atoms with van der Waals surface area (Å²) in [5.41, 5.74) is 1.93. The van der Waals surface area contributed by atoms with Gasteiger partial charge in [-0.05, 0) is 20.8 Å². The molecule has 1 aromatic heterocycles. The van der Waals surface area contributed by atoms with E-state index >= 15 is 0 Å². The van der Waals surface area contributed by atoms with E-state index in [1.54, 1.807) is 11.8 Å². The maximum Gasteiger partial charge on any atom is 0.304 e. The fourth-order valence-corrected chi connectivity index (χ4v) is 2.08. The maximum atomic E-state index is 10.7. The molecule has 1 N–H and O–H groups in total. The van der Waals surface area contributed by atoms with E-state index in [0.29, 0.717) is 13.1 Å². The molecule has 0 saturated carbocycles. The molecule has 0 aliphatic heterocycles. The standard InChI is InChI=1S/C13H23N3O3/c1-9(2)16(7-6-12(17)18)8-11-10(3)14-15(4)13(11)19-5/h9H,6-8H2,1-5H3,(H,17,18). The highest BCUT2D eigenvalue weighted by Gasteiger charge is 2.19. The number of aliphatic carboxylic acids is 1. The summed E-state index contributed by atoms with van der Waals surface area (Å²) in [4.78, 5) is 12.8. The molecular weight excluding hydrogens is 246 g/mol. The summed E-state index contributed by atoms with van der Waals surface area (Å²) in [5.74, 6) is -0.0426. The van der Waals surface area contributed by atoms with Crippen molar-refractivity contribution < 1.29 is 14.6 Å². The number of nitrogens with zero attached hydrogens (tertiary/aromatic N) is 3. The van der Waals surface area contributed by atoms with Gasteiger partial charge in [0.2, 0.25) is 5.88 Å². The zero-order valence-electron chi connectivity index (χ0n) is 12.3. The first-order valence-electron chi connectivity index (χ1n) is 6.39. The normalized spacial score (nSPS) is 11.3. The van der Waals surface area contributed by atoms with Crippen LogP contribution in [0.5, 0.6) is 5.88 Å². The van der Waals surface area contributed by atoms with Gasteiger partial charge in [-0.3, -0.25) is 9.69 Å². The highest BCUT2D eigenvalue weighted by Crippen LogP contribution is 2.23. The second-order valence-corrected chi connectivity index (χ2v) is 4.90. The van der Waals surface area contributed by atoms with Gasteiger partial charge in [-0.2, -0.15) is 5.10 Å². The van der Waals surface area contributed by atoms with Crippen LogP contribution in [0.4, 0.5) is 0 Å². The number of rotatable bonds is 7. The molecule has 0 aliphatic rings. The largest absolute Gasteiger partial charge is 0.481 e. The van der Waals surface area contributed by atoms with E-state index in [2.05, 4.69) is 23.8 Å². The SMILES string of the molecule is COc1c(CN(CCC(=O)O)C(C)C)c(C)nn1C. The van der Waals surface area contributed by atoms with Crippen LogP contribution >= 0.6 is 0 Å². The predicted octanol–water partition coefficient (Wildman–Crippen LogP) is 1.42. The van der Waals surface area contributed by atoms with Gasteiger partial charge in [-0.15, -0.1) is 0 Å². The molecular formula is C13H23N3O3. The number of hydrogen-bond acceptors (Lipinski definition) is 4. The molecule has 0 unspecified atom stereocenters. The average molecular weight is 269 g/mol. The van der Waals surface area contributed by atoms with Gasteiger partial charge in [-0.25, -0.2) is 4.68 Å². The van der Waals surface area contributed by atoms with Crippen LogP contribution in [-0.2, 0) is 18.4 Å². The first-order valence-corrected chi connectivity index (χ1v) is 6.39. The number of carbonyl (C=O) groups is 1. The van der Waals surface area contributed by atoms with Crippen LogP contribution < -0.4 is 4.74 Å². The molecule has 1 heterocycles. The molecule has 0 atom stereocenters. The predicted molar refractivity (Wildman–Crippen MR) is 72.3 cm³/mol. The molecule has 1 aromatic rings. The Kier molecular flexibility index (Phi) is 5.35. The van der Waals surface area contributed by atoms with Gasteiger partial charge in [0.05, 0.1) is 24.8 Å². The minimum atomic E-state index is -0.777. The lowest BCUT2D eigenvalue weighted by Crippen LogP contribution is -2.32. The van der Waals surface area contributed by atoms with E-state index in [9.17, 15) is 4.79 Å². The number of aryl methyl sites for hydroxylation is 2. The molecule has 0 radical (unpaired) electrons. The number of ether oxygens (including phenoxy) is 1. The van der Waals surface area contributed by atoms with Crippen LogP contribution in [0.3, 0.4) is 0 Å². The van der Waals surface area contributed by atoms with Crippen molar-refractivity contribution in [1.82, 2.24) is 14.7 Å². The van der Waals surface area contributed by atoms with Crippen LogP contribution in [0.25, 0.3) is 0 Å². The third kappa shape index (κ3) is 3.96. The van der Waals surface area contributed by atoms with Gasteiger partial charge in [0.15, 0.2) is 0 Å². The summed E-state index contributed by atoms with van der Waals surface area (Å²) in [6, 6.07) is 0.267. The van der Waals surface area contributed by atoms with Crippen LogP contribution in [0.15, 0.2) is 0 Å². The maximum absolute atomic E-state index is 10.7. The third-order valence-electron chi connectivity index (χ3n) is 3.19. The Balaban J connectivity index is 2.87. The van der Waals surface area contributed by atoms with Crippen molar-refractivity contribution in [3.63, 3.8) is 0 Å². The lowest BCUT2D eigenvalue weighted by molar-refractivity contribution is -0.137. The number of hydrogen-bond donors (Lipinski definition) is 1. The van der Waals surface area contributed by atoms with E-state index in [1.165, 1.54) is 0 Å². The zero-order valence-corrected chi connectivity index (χ0v) is 12.3. The molecule has 6 heteroatoms. The molecule has 0 bridgehead atoms. The summed E-state index contributed by atoms with van der Waals surface area (Å²) < 4.78 is 7.07. The van der Waals surface area contributed by atoms with Crippen LogP contribution in [0.1, 0.15) is 31.5 Å². The van der Waals surface area contributed by atoms with E-state index in [4.69, 9.17) is 9.84 Å². The fraction of sp³-hybridized carbons (Fsp3) is 0.692. The van der Waals surface area contributed by atoms with Crippen molar-refractivity contribution in [3.05, 3.63) is 11.3 Å². The first kappa shape index (κ1) is 15.5. The number of methoxy groups -OCH3 is 1. The van der Waals surface area contributed by atoms with Crippen LogP contribution in [0.2, 0.25) is 0 Å². The Morgan fingerprint density at radius 2 is 2.16 bits per heavy atom. The number of aromatic nitrogens is 2. The fourth-order valence-electron chi connectivity index (χ4n) is 2.08. The molecule has 19 heavy (non-hydrogen) atoms. The highest BCUT2D eigenvalue weighted by molar-refractivity contribution is 5.66. The van der Waals surface area contributed by atoms with Crippen molar-refractivity contribution in [2.24, 2.45) is 7.05 Å². The molecule has 0 saturated heterocycles. The van der Waals surface area contributed by atoms with Crippen molar-refractivity contribution >= 4 is 5.97 Å². The van der Waals surface area contributed by atoms with Gasteiger partial charge in [-0.1, -0.05) is 0 Å². The summed E-state index contributed by atoms with van der Waals surface area (Å²) >= 11 is 0. The van der Waals surface area contributed by atoms with Crippen LogP contribution in [0, 0.1) is 6.92 Å². The second kappa shape index (κ2) is 6.56. The van der Waals surface area contributed by atoms with Crippen molar-refractivity contribution in [3.8, 4) is 5.88 Å². The first-order chi connectivity index (χ1) is 8.86. The Labute approximate surface area is 114 Å². The summed E-state index contributed by atoms with van der Waals surface area (Å²) in [5, 5.41) is 13.1. The zero-order chi connectivity index (χ0) is 14.6. The molecule has 0 spiro atoms. The summed E-state index contributed by atoms with van der Waals surface area (Å²) in [6.45, 7) is 7.21. The summed E-state index contributed by atoms with van der Waals surface area (Å²) in [7, 11) is 3.46. The minimum Gasteiger partial charge on any atom is -0.481 e. The lowest BCUT2D eigenvalue weighted by atomic mass is 10.2. The Hall–Kier alpha value is -1.56. The van der Waals surface area contributed by atoms with Gasteiger partial charge in [0.25, 0.3) is 0 Å². The second-order valence-electron chi connectivity index (χ2n) is 4.90. The Morgan fingerprint density at radius 3 is 2.63 bits per heavy atom. The van der Waals surface area contributed by atoms with Crippen molar-refractivity contribution in [2.75, 3.05) is 13.7 Å². The van der Waals surface area contributed by atoms with Gasteiger partial charge in [0.1, 0.15) is 0 Å². The molecule has 0 amide bonds. The number of carboxylic acids is 1. The van der Waals surface area contributed by atoms with Gasteiger partial charge in [0, 0.05) is 26.2 Å². The van der Waals surface area contributed by atoms with Crippen molar-refractivity contribution in [2.45, 2.75) is 39.8 Å². The Bertz CT molecular complexity index is 441. The van der Waals surface area contributed by atoms with E-state index < -0.39 is 5.97 Å². The van der Waals surface area contributed by atoms with Crippen LogP contribution in [-0.4, -0.2) is 45.5 Å². The molecule has 0 aromatic carbocycles. The quantitative estimate of drug-likeness (QED) is 0.811. The van der Waals surface area contributed by atoms with Crippen molar-refractivity contribution in [1.29, 1.82) is 0 Å². The molecule has 1 rings (SSSR count). The van der Waals surface area contributed by atoms with Gasteiger partial charge < -0.3 is 9.84 Å². The molecule has 108 valence electrons. The lowest BCUT2D eigenvalue weighted by Gasteiger charge is -2.25.